The first-order valence-electron chi connectivity index (χ1n) is 3.86. The van der Waals surface area contributed by atoms with Crippen molar-refractivity contribution < 1.29 is 4.42 Å². The van der Waals surface area contributed by atoms with E-state index in [1.807, 2.05) is 25.1 Å². The maximum absolute atomic E-state index is 5.41. The predicted molar refractivity (Wildman–Crippen MR) is 46.6 cm³/mol. The molecule has 0 saturated heterocycles. The number of benzene rings is 1. The van der Waals surface area contributed by atoms with Crippen molar-refractivity contribution in [2.45, 2.75) is 13.5 Å². The van der Waals surface area contributed by atoms with Gasteiger partial charge >= 0.3 is 0 Å². The minimum atomic E-state index is 0.355. The summed E-state index contributed by atoms with van der Waals surface area (Å²) in [5.41, 5.74) is 8.23. The number of aryl methyl sites for hydroxylation is 1. The van der Waals surface area contributed by atoms with Gasteiger partial charge in [-0.2, -0.15) is 0 Å². The largest absolute Gasteiger partial charge is 0.439 e. The van der Waals surface area contributed by atoms with E-state index in [2.05, 4.69) is 4.98 Å². The lowest BCUT2D eigenvalue weighted by Crippen LogP contribution is -1.94. The van der Waals surface area contributed by atoms with Gasteiger partial charge in [-0.3, -0.25) is 0 Å². The van der Waals surface area contributed by atoms with Gasteiger partial charge in [0.2, 0.25) is 5.89 Å². The number of hydrogen-bond acceptors (Lipinski definition) is 3. The fraction of sp³-hybridized carbons (Fsp3) is 0.222. The summed E-state index contributed by atoms with van der Waals surface area (Å²) in [6, 6.07) is 5.87. The Bertz CT molecular complexity index is 406. The molecular weight excluding hydrogens is 152 g/mol. The zero-order chi connectivity index (χ0) is 8.55. The third-order valence-corrected chi connectivity index (χ3v) is 1.83. The Morgan fingerprint density at radius 2 is 2.33 bits per heavy atom. The van der Waals surface area contributed by atoms with Gasteiger partial charge in [0, 0.05) is 0 Å². The molecule has 2 aromatic rings. The van der Waals surface area contributed by atoms with Crippen LogP contribution in [0, 0.1) is 6.92 Å². The van der Waals surface area contributed by atoms with Crippen molar-refractivity contribution in [3.63, 3.8) is 0 Å². The lowest BCUT2D eigenvalue weighted by molar-refractivity contribution is 0.531. The number of fused-ring (bicyclic) bond motifs is 1. The van der Waals surface area contributed by atoms with Crippen LogP contribution >= 0.6 is 0 Å². The molecular formula is C9H10N2O. The fourth-order valence-corrected chi connectivity index (χ4v) is 1.22. The SMILES string of the molecule is Cc1cccc2nc(CN)oc12. The van der Waals surface area contributed by atoms with E-state index in [9.17, 15) is 0 Å². The Kier molecular flexibility index (Phi) is 1.59. The monoisotopic (exact) mass is 162 g/mol. The second kappa shape index (κ2) is 2.60. The smallest absolute Gasteiger partial charge is 0.209 e. The average molecular weight is 162 g/mol. The van der Waals surface area contributed by atoms with Crippen molar-refractivity contribution in [1.82, 2.24) is 4.98 Å². The molecule has 1 aromatic carbocycles. The Morgan fingerprint density at radius 3 is 3.00 bits per heavy atom. The molecule has 0 saturated carbocycles. The van der Waals surface area contributed by atoms with Gasteiger partial charge in [-0.05, 0) is 18.6 Å². The molecule has 0 amide bonds. The minimum absolute atomic E-state index is 0.355. The van der Waals surface area contributed by atoms with Gasteiger partial charge in [-0.15, -0.1) is 0 Å². The molecule has 0 unspecified atom stereocenters. The van der Waals surface area contributed by atoms with Crippen molar-refractivity contribution in [2.24, 2.45) is 5.73 Å². The quantitative estimate of drug-likeness (QED) is 0.692. The Balaban J connectivity index is 2.74. The summed E-state index contributed by atoms with van der Waals surface area (Å²) in [6.45, 7) is 2.35. The van der Waals surface area contributed by atoms with Crippen LogP contribution in [0.2, 0.25) is 0 Å². The van der Waals surface area contributed by atoms with Gasteiger partial charge in [0.25, 0.3) is 0 Å². The van der Waals surface area contributed by atoms with Crippen LogP contribution in [-0.2, 0) is 6.54 Å². The second-order valence-corrected chi connectivity index (χ2v) is 2.73. The van der Waals surface area contributed by atoms with Crippen LogP contribution in [0.15, 0.2) is 22.6 Å². The van der Waals surface area contributed by atoms with E-state index in [4.69, 9.17) is 10.2 Å². The zero-order valence-corrected chi connectivity index (χ0v) is 6.87. The Labute approximate surface area is 70.2 Å². The topological polar surface area (TPSA) is 52.0 Å². The van der Waals surface area contributed by atoms with Gasteiger partial charge in [0.15, 0.2) is 5.58 Å². The highest BCUT2D eigenvalue weighted by atomic mass is 16.3. The van der Waals surface area contributed by atoms with Crippen LogP contribution in [0.1, 0.15) is 11.5 Å². The number of nitrogens with two attached hydrogens (primary N) is 1. The van der Waals surface area contributed by atoms with E-state index < -0.39 is 0 Å². The van der Waals surface area contributed by atoms with E-state index in [0.29, 0.717) is 12.4 Å². The van der Waals surface area contributed by atoms with Gasteiger partial charge in [0.05, 0.1) is 6.54 Å². The highest BCUT2D eigenvalue weighted by molar-refractivity contribution is 5.75. The lowest BCUT2D eigenvalue weighted by atomic mass is 10.2. The highest BCUT2D eigenvalue weighted by Crippen LogP contribution is 2.18. The van der Waals surface area contributed by atoms with Gasteiger partial charge in [-0.1, -0.05) is 12.1 Å². The van der Waals surface area contributed by atoms with Crippen LogP contribution in [0.25, 0.3) is 11.1 Å². The number of rotatable bonds is 1. The van der Waals surface area contributed by atoms with Crippen LogP contribution in [0.4, 0.5) is 0 Å². The fourth-order valence-electron chi connectivity index (χ4n) is 1.22. The molecule has 0 aliphatic rings. The van der Waals surface area contributed by atoms with Crippen LogP contribution < -0.4 is 5.73 Å². The summed E-state index contributed by atoms with van der Waals surface area (Å²) < 4.78 is 5.41. The molecule has 0 fully saturated rings. The van der Waals surface area contributed by atoms with Gasteiger partial charge in [0.1, 0.15) is 5.52 Å². The summed E-state index contributed by atoms with van der Waals surface area (Å²) in [6.07, 6.45) is 0. The van der Waals surface area contributed by atoms with Crippen molar-refractivity contribution in [1.29, 1.82) is 0 Å². The Morgan fingerprint density at radius 1 is 1.50 bits per heavy atom. The van der Waals surface area contributed by atoms with E-state index in [1.54, 1.807) is 0 Å². The molecule has 0 atom stereocenters. The molecule has 0 radical (unpaired) electrons. The molecule has 2 N–H and O–H groups in total. The van der Waals surface area contributed by atoms with Crippen molar-refractivity contribution in [2.75, 3.05) is 0 Å². The van der Waals surface area contributed by atoms with Crippen molar-refractivity contribution in [3.05, 3.63) is 29.7 Å². The molecule has 3 heteroatoms. The summed E-state index contributed by atoms with van der Waals surface area (Å²) >= 11 is 0. The zero-order valence-electron chi connectivity index (χ0n) is 6.87. The van der Waals surface area contributed by atoms with E-state index in [0.717, 1.165) is 16.7 Å². The van der Waals surface area contributed by atoms with E-state index in [1.165, 1.54) is 0 Å². The van der Waals surface area contributed by atoms with Crippen molar-refractivity contribution in [3.8, 4) is 0 Å². The van der Waals surface area contributed by atoms with Crippen LogP contribution in [0.3, 0.4) is 0 Å². The summed E-state index contributed by atoms with van der Waals surface area (Å²) in [7, 11) is 0. The molecule has 1 aromatic heterocycles. The highest BCUT2D eigenvalue weighted by Gasteiger charge is 2.04. The Hall–Kier alpha value is -1.35. The first-order valence-corrected chi connectivity index (χ1v) is 3.86. The van der Waals surface area contributed by atoms with Gasteiger partial charge in [-0.25, -0.2) is 4.98 Å². The molecule has 62 valence electrons. The molecule has 2 rings (SSSR count). The second-order valence-electron chi connectivity index (χ2n) is 2.73. The molecule has 1 heterocycles. The molecule has 0 aliphatic carbocycles. The summed E-state index contributed by atoms with van der Waals surface area (Å²) in [5, 5.41) is 0. The maximum atomic E-state index is 5.41. The third-order valence-electron chi connectivity index (χ3n) is 1.83. The summed E-state index contributed by atoms with van der Waals surface area (Å²) in [4.78, 5) is 4.20. The van der Waals surface area contributed by atoms with Crippen LogP contribution in [-0.4, -0.2) is 4.98 Å². The normalized spacial score (nSPS) is 10.8. The third kappa shape index (κ3) is 0.987. The molecule has 0 spiro atoms. The number of para-hydroxylation sites is 1. The standard InChI is InChI=1S/C9H10N2O/c1-6-3-2-4-7-9(6)12-8(5-10)11-7/h2-4H,5,10H2,1H3. The van der Waals surface area contributed by atoms with E-state index >= 15 is 0 Å². The predicted octanol–water partition coefficient (Wildman–Crippen LogP) is 1.59. The maximum Gasteiger partial charge on any atom is 0.209 e. The van der Waals surface area contributed by atoms with Gasteiger partial charge < -0.3 is 10.2 Å². The minimum Gasteiger partial charge on any atom is -0.439 e. The van der Waals surface area contributed by atoms with E-state index in [-0.39, 0.29) is 0 Å². The van der Waals surface area contributed by atoms with Crippen LogP contribution in [0.5, 0.6) is 0 Å². The number of nitrogens with zero attached hydrogens (tertiary/aromatic N) is 1. The first kappa shape index (κ1) is 7.31. The summed E-state index contributed by atoms with van der Waals surface area (Å²) in [5.74, 6) is 0.597. The average Bonchev–Trinajstić information content (AvgIpc) is 2.49. The number of aromatic nitrogens is 1. The molecule has 0 aliphatic heterocycles. The molecule has 12 heavy (non-hydrogen) atoms. The van der Waals surface area contributed by atoms with Crippen molar-refractivity contribution >= 4 is 11.1 Å². The molecule has 0 bridgehead atoms. The number of oxazole rings is 1. The first-order chi connectivity index (χ1) is 5.81. The molecule has 3 nitrogen and oxygen atoms in total. The lowest BCUT2D eigenvalue weighted by Gasteiger charge is -1.89. The number of hydrogen-bond donors (Lipinski definition) is 1.